The van der Waals surface area contributed by atoms with Gasteiger partial charge in [0.25, 0.3) is 0 Å². The summed E-state index contributed by atoms with van der Waals surface area (Å²) in [6, 6.07) is 8.11. The van der Waals surface area contributed by atoms with Gasteiger partial charge in [0.05, 0.1) is 0 Å². The molecule has 1 amide bonds. The van der Waals surface area contributed by atoms with Gasteiger partial charge in [0.1, 0.15) is 10.0 Å². The fraction of sp³-hybridized carbons (Fsp3) is 0.500. The number of nitrogen functional groups attached to an aromatic ring is 1. The van der Waals surface area contributed by atoms with E-state index in [4.69, 9.17) is 5.73 Å². The van der Waals surface area contributed by atoms with Crippen LogP contribution in [-0.2, 0) is 17.6 Å². The molecular weight excluding hydrogens is 320 g/mol. The highest BCUT2D eigenvalue weighted by Gasteiger charge is 2.19. The van der Waals surface area contributed by atoms with E-state index in [1.54, 1.807) is 0 Å². The van der Waals surface area contributed by atoms with Gasteiger partial charge in [0.15, 0.2) is 0 Å². The molecule has 6 heteroatoms. The first kappa shape index (κ1) is 18.4. The van der Waals surface area contributed by atoms with E-state index in [9.17, 15) is 4.79 Å². The smallest absolute Gasteiger partial charge is 0.214 e. The monoisotopic (exact) mass is 346 g/mol. The van der Waals surface area contributed by atoms with Gasteiger partial charge in [0.2, 0.25) is 5.91 Å². The second kappa shape index (κ2) is 9.37. The topological polar surface area (TPSA) is 94.9 Å². The van der Waals surface area contributed by atoms with Crippen molar-refractivity contribution in [1.82, 2.24) is 10.2 Å². The first-order valence-electron chi connectivity index (χ1n) is 8.47. The molecule has 0 bridgehead atoms. The van der Waals surface area contributed by atoms with Crippen molar-refractivity contribution >= 4 is 22.9 Å². The molecule has 3 rings (SSSR count). The van der Waals surface area contributed by atoms with Crippen LogP contribution in [0.2, 0.25) is 0 Å². The van der Waals surface area contributed by atoms with Crippen molar-refractivity contribution in [2.45, 2.75) is 57.8 Å². The van der Waals surface area contributed by atoms with E-state index in [0.717, 1.165) is 18.5 Å². The summed E-state index contributed by atoms with van der Waals surface area (Å²) in [5.41, 5.74) is 12.3. The van der Waals surface area contributed by atoms with E-state index in [2.05, 4.69) is 28.1 Å². The lowest BCUT2D eigenvalue weighted by Crippen LogP contribution is -2.03. The van der Waals surface area contributed by atoms with E-state index in [1.807, 2.05) is 23.5 Å². The summed E-state index contributed by atoms with van der Waals surface area (Å²) in [6.45, 7) is 1.31. The quantitative estimate of drug-likeness (QED) is 0.829. The van der Waals surface area contributed by atoms with Crippen LogP contribution in [0.5, 0.6) is 0 Å². The highest BCUT2D eigenvalue weighted by atomic mass is 32.1. The Hall–Kier alpha value is -1.95. The maximum atomic E-state index is 9.22. The number of carbonyl (C=O) groups excluding carboxylic acids is 1. The number of amides is 1. The van der Waals surface area contributed by atoms with E-state index in [0.29, 0.717) is 5.92 Å². The molecule has 0 aliphatic heterocycles. The van der Waals surface area contributed by atoms with Gasteiger partial charge in [0, 0.05) is 24.9 Å². The van der Waals surface area contributed by atoms with Crippen molar-refractivity contribution in [2.75, 3.05) is 5.73 Å². The molecule has 1 fully saturated rings. The summed E-state index contributed by atoms with van der Waals surface area (Å²) < 4.78 is 0. The Morgan fingerprint density at radius 1 is 1.12 bits per heavy atom. The molecule has 5 nitrogen and oxygen atoms in total. The summed E-state index contributed by atoms with van der Waals surface area (Å²) in [6.07, 6.45) is 8.68. The molecule has 1 saturated carbocycles. The minimum Gasteiger partial charge on any atom is -0.399 e. The number of aryl methyl sites for hydroxylation is 2. The van der Waals surface area contributed by atoms with Gasteiger partial charge in [-0.05, 0) is 37.0 Å². The molecule has 0 unspecified atom stereocenters. The third kappa shape index (κ3) is 6.28. The lowest BCUT2D eigenvalue weighted by molar-refractivity contribution is -0.115. The number of nitrogens with zero attached hydrogens (tertiary/aromatic N) is 2. The zero-order valence-corrected chi connectivity index (χ0v) is 15.0. The number of hydrogen-bond donors (Lipinski definition) is 2. The zero-order chi connectivity index (χ0) is 17.4. The van der Waals surface area contributed by atoms with Crippen LogP contribution >= 0.6 is 11.3 Å². The van der Waals surface area contributed by atoms with Crippen LogP contribution in [0.25, 0.3) is 0 Å². The Kier molecular flexibility index (Phi) is 7.18. The molecule has 130 valence electrons. The fourth-order valence-electron chi connectivity index (χ4n) is 2.82. The first-order chi connectivity index (χ1) is 11.5. The second-order valence-corrected chi connectivity index (χ2v) is 7.31. The summed E-state index contributed by atoms with van der Waals surface area (Å²) in [4.78, 5) is 9.22. The number of hydrogen-bond acceptors (Lipinski definition) is 5. The predicted molar refractivity (Wildman–Crippen MR) is 98.9 cm³/mol. The molecule has 1 heterocycles. The molecule has 0 atom stereocenters. The molecule has 1 aromatic carbocycles. The largest absolute Gasteiger partial charge is 0.399 e. The van der Waals surface area contributed by atoms with Crippen molar-refractivity contribution in [3.63, 3.8) is 0 Å². The van der Waals surface area contributed by atoms with Gasteiger partial charge in [-0.1, -0.05) is 31.4 Å². The molecule has 1 aliphatic carbocycles. The van der Waals surface area contributed by atoms with Crippen LogP contribution in [0.4, 0.5) is 5.69 Å². The normalized spacial score (nSPS) is 14.7. The van der Waals surface area contributed by atoms with Crippen molar-refractivity contribution < 1.29 is 4.79 Å². The average Bonchev–Trinajstić information content (AvgIpc) is 3.04. The van der Waals surface area contributed by atoms with E-state index in [1.165, 1.54) is 54.6 Å². The van der Waals surface area contributed by atoms with Crippen molar-refractivity contribution in [3.8, 4) is 0 Å². The molecule has 0 radical (unpaired) electrons. The minimum atomic E-state index is -0.333. The van der Waals surface area contributed by atoms with E-state index < -0.39 is 0 Å². The van der Waals surface area contributed by atoms with Crippen LogP contribution in [0, 0.1) is 0 Å². The van der Waals surface area contributed by atoms with Crippen LogP contribution in [0.15, 0.2) is 24.3 Å². The summed E-state index contributed by atoms with van der Waals surface area (Å²) in [5.74, 6) is 0.339. The molecule has 1 aromatic heterocycles. The van der Waals surface area contributed by atoms with Crippen molar-refractivity contribution in [3.05, 3.63) is 39.8 Å². The highest BCUT2D eigenvalue weighted by Crippen LogP contribution is 2.34. The Balaban J connectivity index is 0.000000471. The minimum absolute atomic E-state index is 0.333. The average molecular weight is 347 g/mol. The lowest BCUT2D eigenvalue weighted by Gasteiger charge is -2.18. The SMILES string of the molecule is CC(N)=O.Nc1ccc(CCc2nnc(C3CCCCC3)s2)cc1. The van der Waals surface area contributed by atoms with Crippen molar-refractivity contribution in [2.24, 2.45) is 5.73 Å². The van der Waals surface area contributed by atoms with Crippen LogP contribution in [0.3, 0.4) is 0 Å². The number of anilines is 1. The number of aromatic nitrogens is 2. The van der Waals surface area contributed by atoms with Gasteiger partial charge < -0.3 is 11.5 Å². The number of rotatable bonds is 4. The zero-order valence-electron chi connectivity index (χ0n) is 14.2. The Morgan fingerprint density at radius 3 is 2.38 bits per heavy atom. The molecule has 24 heavy (non-hydrogen) atoms. The second-order valence-electron chi connectivity index (χ2n) is 6.22. The third-order valence-electron chi connectivity index (χ3n) is 4.04. The number of benzene rings is 1. The first-order valence-corrected chi connectivity index (χ1v) is 9.29. The van der Waals surface area contributed by atoms with Crippen LogP contribution in [-0.4, -0.2) is 16.1 Å². The predicted octanol–water partition coefficient (Wildman–Crippen LogP) is 3.44. The fourth-order valence-corrected chi connectivity index (χ4v) is 3.83. The van der Waals surface area contributed by atoms with Crippen LogP contribution in [0.1, 0.15) is 60.5 Å². The summed E-state index contributed by atoms with van der Waals surface area (Å²) in [5, 5.41) is 11.2. The Bertz CT molecular complexity index is 629. The molecule has 0 spiro atoms. The van der Waals surface area contributed by atoms with Gasteiger partial charge in [-0.15, -0.1) is 21.5 Å². The van der Waals surface area contributed by atoms with Crippen LogP contribution < -0.4 is 11.5 Å². The summed E-state index contributed by atoms with van der Waals surface area (Å²) in [7, 11) is 0. The molecule has 1 aliphatic rings. The van der Waals surface area contributed by atoms with E-state index in [-0.39, 0.29) is 5.91 Å². The molecule has 4 N–H and O–H groups in total. The molecule has 2 aromatic rings. The number of primary amides is 1. The van der Waals surface area contributed by atoms with Crippen molar-refractivity contribution in [1.29, 1.82) is 0 Å². The van der Waals surface area contributed by atoms with E-state index >= 15 is 0 Å². The number of nitrogens with two attached hydrogens (primary N) is 2. The standard InChI is InChI=1S/C16H21N3S.C2H5NO/c17-14-9-6-12(7-10-14)8-11-15-18-19-16(20-15)13-4-2-1-3-5-13;1-2(3)4/h6-7,9-10,13H,1-5,8,11,17H2;1H3,(H2,3,4). The molecule has 0 saturated heterocycles. The maximum absolute atomic E-state index is 9.22. The number of carbonyl (C=O) groups is 1. The Labute approximate surface area is 147 Å². The van der Waals surface area contributed by atoms with Gasteiger partial charge in [-0.25, -0.2) is 0 Å². The van der Waals surface area contributed by atoms with Gasteiger partial charge >= 0.3 is 0 Å². The van der Waals surface area contributed by atoms with Gasteiger partial charge in [-0.2, -0.15) is 0 Å². The highest BCUT2D eigenvalue weighted by molar-refractivity contribution is 7.11. The molecular formula is C18H26N4OS. The maximum Gasteiger partial charge on any atom is 0.214 e. The third-order valence-corrected chi connectivity index (χ3v) is 5.19. The summed E-state index contributed by atoms with van der Waals surface area (Å²) >= 11 is 1.81. The van der Waals surface area contributed by atoms with Gasteiger partial charge in [-0.3, -0.25) is 4.79 Å². The lowest BCUT2D eigenvalue weighted by atomic mass is 9.90. The Morgan fingerprint density at radius 2 is 1.75 bits per heavy atom.